The van der Waals surface area contributed by atoms with Crippen LogP contribution in [-0.4, -0.2) is 16.5 Å². The first-order chi connectivity index (χ1) is 9.97. The Morgan fingerprint density at radius 2 is 2.00 bits per heavy atom. The lowest BCUT2D eigenvalue weighted by Gasteiger charge is -2.11. The zero-order valence-corrected chi connectivity index (χ0v) is 13.7. The quantitative estimate of drug-likeness (QED) is 0.844. The van der Waals surface area contributed by atoms with Crippen molar-refractivity contribution in [2.75, 3.05) is 11.9 Å². The highest BCUT2D eigenvalue weighted by Gasteiger charge is 2.10. The van der Waals surface area contributed by atoms with Crippen molar-refractivity contribution < 1.29 is 9.13 Å². The van der Waals surface area contributed by atoms with Crippen LogP contribution in [0.4, 0.5) is 10.2 Å². The zero-order valence-electron chi connectivity index (χ0n) is 12.2. The summed E-state index contributed by atoms with van der Waals surface area (Å²) in [6.07, 6.45) is 0. The molecule has 6 heteroatoms. The summed E-state index contributed by atoms with van der Waals surface area (Å²) in [5.74, 6) is 1.95. The standard InChI is InChI=1S/C15H17BrFN3O/c1-4-18-13-8-14(20-15(19-13)9(2)3)21-12-6-10(16)5-11(17)7-12/h5-9H,4H2,1-3H3,(H,18,19,20). The van der Waals surface area contributed by atoms with Crippen LogP contribution in [-0.2, 0) is 0 Å². The van der Waals surface area contributed by atoms with Crippen molar-refractivity contribution in [2.24, 2.45) is 0 Å². The van der Waals surface area contributed by atoms with Crippen molar-refractivity contribution in [3.05, 3.63) is 40.4 Å². The first-order valence-corrected chi connectivity index (χ1v) is 7.54. The molecule has 1 N–H and O–H groups in total. The van der Waals surface area contributed by atoms with Crippen molar-refractivity contribution >= 4 is 21.7 Å². The molecule has 0 aliphatic rings. The molecule has 0 spiro atoms. The third-order valence-electron chi connectivity index (χ3n) is 2.65. The van der Waals surface area contributed by atoms with Crippen LogP contribution in [0.25, 0.3) is 0 Å². The minimum Gasteiger partial charge on any atom is -0.439 e. The van der Waals surface area contributed by atoms with E-state index >= 15 is 0 Å². The number of aromatic nitrogens is 2. The Kier molecular flexibility index (Phi) is 5.12. The van der Waals surface area contributed by atoms with Gasteiger partial charge in [0, 0.05) is 29.1 Å². The maximum absolute atomic E-state index is 13.4. The Morgan fingerprint density at radius 3 is 2.62 bits per heavy atom. The molecule has 0 saturated carbocycles. The van der Waals surface area contributed by atoms with Crippen LogP contribution in [0.5, 0.6) is 11.6 Å². The van der Waals surface area contributed by atoms with Crippen LogP contribution >= 0.6 is 15.9 Å². The molecule has 0 unspecified atom stereocenters. The normalized spacial score (nSPS) is 10.8. The predicted octanol–water partition coefficient (Wildman–Crippen LogP) is 4.73. The van der Waals surface area contributed by atoms with Crippen LogP contribution in [0.15, 0.2) is 28.7 Å². The molecule has 0 atom stereocenters. The molecule has 0 bridgehead atoms. The number of benzene rings is 1. The van der Waals surface area contributed by atoms with Gasteiger partial charge >= 0.3 is 0 Å². The van der Waals surface area contributed by atoms with Crippen molar-refractivity contribution in [1.82, 2.24) is 9.97 Å². The van der Waals surface area contributed by atoms with Gasteiger partial charge in [0.1, 0.15) is 23.2 Å². The molecule has 1 aromatic carbocycles. The Hall–Kier alpha value is -1.69. The molecular weight excluding hydrogens is 337 g/mol. The molecule has 2 aromatic rings. The second-order valence-corrected chi connectivity index (χ2v) is 5.76. The van der Waals surface area contributed by atoms with Gasteiger partial charge in [0.15, 0.2) is 0 Å². The zero-order chi connectivity index (χ0) is 15.4. The van der Waals surface area contributed by atoms with Crippen LogP contribution in [0, 0.1) is 5.82 Å². The lowest BCUT2D eigenvalue weighted by Crippen LogP contribution is -2.05. The average Bonchev–Trinajstić information content (AvgIpc) is 2.37. The molecule has 21 heavy (non-hydrogen) atoms. The second kappa shape index (κ2) is 6.85. The number of rotatable bonds is 5. The van der Waals surface area contributed by atoms with E-state index in [1.165, 1.54) is 12.1 Å². The second-order valence-electron chi connectivity index (χ2n) is 4.84. The summed E-state index contributed by atoms with van der Waals surface area (Å²) in [6.45, 7) is 6.75. The fraction of sp³-hybridized carbons (Fsp3) is 0.333. The highest BCUT2D eigenvalue weighted by Crippen LogP contribution is 2.27. The van der Waals surface area contributed by atoms with Crippen molar-refractivity contribution in [3.63, 3.8) is 0 Å². The molecular formula is C15H17BrFN3O. The summed E-state index contributed by atoms with van der Waals surface area (Å²) in [5, 5.41) is 3.14. The van der Waals surface area contributed by atoms with Gasteiger partial charge in [-0.15, -0.1) is 0 Å². The number of hydrogen-bond acceptors (Lipinski definition) is 4. The Bertz CT molecular complexity index is 614. The van der Waals surface area contributed by atoms with Gasteiger partial charge in [0.05, 0.1) is 0 Å². The first kappa shape index (κ1) is 15.7. The number of nitrogens with one attached hydrogen (secondary N) is 1. The minimum atomic E-state index is -0.371. The molecule has 112 valence electrons. The van der Waals surface area contributed by atoms with Crippen molar-refractivity contribution in [1.29, 1.82) is 0 Å². The predicted molar refractivity (Wildman–Crippen MR) is 84.5 cm³/mol. The van der Waals surface area contributed by atoms with E-state index in [1.54, 1.807) is 12.1 Å². The Labute approximate surface area is 131 Å². The van der Waals surface area contributed by atoms with E-state index < -0.39 is 0 Å². The van der Waals surface area contributed by atoms with Gasteiger partial charge in [-0.3, -0.25) is 0 Å². The van der Waals surface area contributed by atoms with E-state index in [0.717, 1.165) is 6.54 Å². The molecule has 1 aromatic heterocycles. The third kappa shape index (κ3) is 4.39. The monoisotopic (exact) mass is 353 g/mol. The molecule has 1 heterocycles. The Morgan fingerprint density at radius 1 is 1.24 bits per heavy atom. The summed E-state index contributed by atoms with van der Waals surface area (Å²) < 4.78 is 19.7. The van der Waals surface area contributed by atoms with Crippen LogP contribution in [0.2, 0.25) is 0 Å². The summed E-state index contributed by atoms with van der Waals surface area (Å²) in [6, 6.07) is 6.08. The van der Waals surface area contributed by atoms with Crippen LogP contribution < -0.4 is 10.1 Å². The molecule has 0 amide bonds. The average molecular weight is 354 g/mol. The van der Waals surface area contributed by atoms with E-state index in [2.05, 4.69) is 31.2 Å². The summed E-state index contributed by atoms with van der Waals surface area (Å²) in [4.78, 5) is 8.77. The van der Waals surface area contributed by atoms with Gasteiger partial charge in [-0.25, -0.2) is 9.37 Å². The molecule has 0 fully saturated rings. The molecule has 4 nitrogen and oxygen atoms in total. The fourth-order valence-corrected chi connectivity index (χ4v) is 2.18. The summed E-state index contributed by atoms with van der Waals surface area (Å²) in [5.41, 5.74) is 0. The number of ether oxygens (including phenoxy) is 1. The van der Waals surface area contributed by atoms with Gasteiger partial charge in [0.25, 0.3) is 0 Å². The smallest absolute Gasteiger partial charge is 0.224 e. The van der Waals surface area contributed by atoms with Gasteiger partial charge < -0.3 is 10.1 Å². The minimum absolute atomic E-state index is 0.171. The van der Waals surface area contributed by atoms with Crippen molar-refractivity contribution in [2.45, 2.75) is 26.7 Å². The van der Waals surface area contributed by atoms with Gasteiger partial charge in [0.2, 0.25) is 5.88 Å². The van der Waals surface area contributed by atoms with E-state index in [0.29, 0.717) is 27.7 Å². The lowest BCUT2D eigenvalue weighted by atomic mass is 10.2. The lowest BCUT2D eigenvalue weighted by molar-refractivity contribution is 0.452. The fourth-order valence-electron chi connectivity index (χ4n) is 1.73. The SMILES string of the molecule is CCNc1cc(Oc2cc(F)cc(Br)c2)nc(C(C)C)n1. The maximum atomic E-state index is 13.4. The van der Waals surface area contributed by atoms with E-state index in [9.17, 15) is 4.39 Å². The van der Waals surface area contributed by atoms with Crippen LogP contribution in [0.3, 0.4) is 0 Å². The number of halogens is 2. The number of anilines is 1. The molecule has 2 rings (SSSR count). The van der Waals surface area contributed by atoms with Crippen LogP contribution in [0.1, 0.15) is 32.5 Å². The topological polar surface area (TPSA) is 47.0 Å². The molecule has 0 aliphatic carbocycles. The summed E-state index contributed by atoms with van der Waals surface area (Å²) in [7, 11) is 0. The number of hydrogen-bond donors (Lipinski definition) is 1. The highest BCUT2D eigenvalue weighted by atomic mass is 79.9. The molecule has 0 radical (unpaired) electrons. The van der Waals surface area contributed by atoms with Crippen molar-refractivity contribution in [3.8, 4) is 11.6 Å². The highest BCUT2D eigenvalue weighted by molar-refractivity contribution is 9.10. The van der Waals surface area contributed by atoms with E-state index in [-0.39, 0.29) is 11.7 Å². The largest absolute Gasteiger partial charge is 0.439 e. The van der Waals surface area contributed by atoms with Gasteiger partial charge in [-0.1, -0.05) is 29.8 Å². The van der Waals surface area contributed by atoms with E-state index in [4.69, 9.17) is 4.74 Å². The third-order valence-corrected chi connectivity index (χ3v) is 3.11. The number of nitrogens with zero attached hydrogens (tertiary/aromatic N) is 2. The maximum Gasteiger partial charge on any atom is 0.224 e. The Balaban J connectivity index is 2.33. The molecule has 0 aliphatic heterocycles. The summed E-state index contributed by atoms with van der Waals surface area (Å²) >= 11 is 3.24. The first-order valence-electron chi connectivity index (χ1n) is 6.74. The van der Waals surface area contributed by atoms with E-state index in [1.807, 2.05) is 20.8 Å². The molecule has 0 saturated heterocycles. The van der Waals surface area contributed by atoms with Gasteiger partial charge in [-0.05, 0) is 19.1 Å². The van der Waals surface area contributed by atoms with Gasteiger partial charge in [-0.2, -0.15) is 4.98 Å².